The van der Waals surface area contributed by atoms with E-state index in [-0.39, 0.29) is 11.8 Å². The largest absolute Gasteiger partial charge is 0.497 e. The van der Waals surface area contributed by atoms with Gasteiger partial charge in [0.15, 0.2) is 0 Å². The third-order valence-electron chi connectivity index (χ3n) is 3.16. The molecule has 108 valence electrons. The highest BCUT2D eigenvalue weighted by molar-refractivity contribution is 5.89. The average Bonchev–Trinajstić information content (AvgIpc) is 3.24. The molecular formula is C14H17NO5. The Labute approximate surface area is 116 Å². The van der Waals surface area contributed by atoms with Crippen molar-refractivity contribution < 1.29 is 24.2 Å². The summed E-state index contributed by atoms with van der Waals surface area (Å²) in [5.74, 6) is -0.662. The van der Waals surface area contributed by atoms with E-state index >= 15 is 0 Å². The third kappa shape index (κ3) is 3.63. The number of carboxylic acids is 1. The predicted molar refractivity (Wildman–Crippen MR) is 70.7 cm³/mol. The number of hydrogen-bond acceptors (Lipinski definition) is 4. The number of aliphatic carboxylic acids is 1. The lowest BCUT2D eigenvalue weighted by Crippen LogP contribution is -2.30. The number of carboxylic acid groups (broad SMARTS) is 1. The number of rotatable bonds is 7. The Balaban J connectivity index is 1.66. The first kappa shape index (κ1) is 14.2. The van der Waals surface area contributed by atoms with Crippen molar-refractivity contribution in [1.82, 2.24) is 5.32 Å². The summed E-state index contributed by atoms with van der Waals surface area (Å²) in [7, 11) is 1.58. The van der Waals surface area contributed by atoms with Crippen LogP contribution in [-0.2, 0) is 9.59 Å². The van der Waals surface area contributed by atoms with Crippen molar-refractivity contribution in [3.8, 4) is 11.5 Å². The van der Waals surface area contributed by atoms with Gasteiger partial charge in [0.2, 0.25) is 5.91 Å². The molecule has 20 heavy (non-hydrogen) atoms. The van der Waals surface area contributed by atoms with Crippen LogP contribution in [0.2, 0.25) is 0 Å². The van der Waals surface area contributed by atoms with E-state index in [2.05, 4.69) is 5.32 Å². The van der Waals surface area contributed by atoms with Crippen molar-refractivity contribution in [2.75, 3.05) is 20.3 Å². The topological polar surface area (TPSA) is 84.9 Å². The molecule has 0 saturated heterocycles. The first-order valence-electron chi connectivity index (χ1n) is 6.39. The molecule has 0 spiro atoms. The van der Waals surface area contributed by atoms with Crippen LogP contribution in [-0.4, -0.2) is 37.2 Å². The summed E-state index contributed by atoms with van der Waals surface area (Å²) in [6.07, 6.45) is 0.428. The van der Waals surface area contributed by atoms with Gasteiger partial charge in [-0.3, -0.25) is 9.59 Å². The molecule has 1 saturated carbocycles. The van der Waals surface area contributed by atoms with Crippen molar-refractivity contribution in [1.29, 1.82) is 0 Å². The molecule has 0 unspecified atom stereocenters. The highest BCUT2D eigenvalue weighted by atomic mass is 16.5. The zero-order valence-corrected chi connectivity index (χ0v) is 11.2. The molecule has 1 fully saturated rings. The van der Waals surface area contributed by atoms with Crippen molar-refractivity contribution in [3.63, 3.8) is 0 Å². The standard InChI is InChI=1S/C14H17NO5/c1-19-9-3-2-4-10(7-9)20-6-5-15-13(16)11-8-12(11)14(17)18/h2-4,7,11-12H,5-6,8H2,1H3,(H,15,16)(H,17,18)/t11-,12+/m0/s1. The molecular weight excluding hydrogens is 262 g/mol. The fraction of sp³-hybridized carbons (Fsp3) is 0.429. The second-order valence-corrected chi connectivity index (χ2v) is 4.61. The quantitative estimate of drug-likeness (QED) is 0.725. The highest BCUT2D eigenvalue weighted by Crippen LogP contribution is 2.38. The van der Waals surface area contributed by atoms with Crippen LogP contribution in [0.5, 0.6) is 11.5 Å². The van der Waals surface area contributed by atoms with E-state index in [9.17, 15) is 9.59 Å². The zero-order chi connectivity index (χ0) is 14.5. The van der Waals surface area contributed by atoms with E-state index in [4.69, 9.17) is 14.6 Å². The SMILES string of the molecule is COc1cccc(OCCNC(=O)[C@H]2C[C@H]2C(=O)O)c1. The van der Waals surface area contributed by atoms with Gasteiger partial charge in [0.05, 0.1) is 25.5 Å². The van der Waals surface area contributed by atoms with Gasteiger partial charge in [-0.25, -0.2) is 0 Å². The molecule has 1 aliphatic carbocycles. The lowest BCUT2D eigenvalue weighted by molar-refractivity contribution is -0.140. The zero-order valence-electron chi connectivity index (χ0n) is 11.2. The lowest BCUT2D eigenvalue weighted by Gasteiger charge is -2.08. The van der Waals surface area contributed by atoms with Gasteiger partial charge in [0, 0.05) is 6.07 Å². The van der Waals surface area contributed by atoms with Gasteiger partial charge in [-0.15, -0.1) is 0 Å². The number of methoxy groups -OCH3 is 1. The Kier molecular flexibility index (Phi) is 4.45. The maximum Gasteiger partial charge on any atom is 0.307 e. The number of amides is 1. The van der Waals surface area contributed by atoms with Gasteiger partial charge in [0.1, 0.15) is 18.1 Å². The molecule has 2 N–H and O–H groups in total. The summed E-state index contributed by atoms with van der Waals surface area (Å²) in [6.45, 7) is 0.669. The van der Waals surface area contributed by atoms with Crippen LogP contribution in [0.4, 0.5) is 0 Å². The van der Waals surface area contributed by atoms with Crippen molar-refractivity contribution in [2.24, 2.45) is 11.8 Å². The van der Waals surface area contributed by atoms with Crippen LogP contribution in [0, 0.1) is 11.8 Å². The first-order valence-corrected chi connectivity index (χ1v) is 6.39. The highest BCUT2D eigenvalue weighted by Gasteiger charge is 2.48. The summed E-state index contributed by atoms with van der Waals surface area (Å²) in [5.41, 5.74) is 0. The van der Waals surface area contributed by atoms with Crippen LogP contribution in [0.1, 0.15) is 6.42 Å². The maximum atomic E-state index is 11.6. The summed E-state index contributed by atoms with van der Waals surface area (Å²) >= 11 is 0. The summed E-state index contributed by atoms with van der Waals surface area (Å²) in [5, 5.41) is 11.4. The maximum absolute atomic E-state index is 11.6. The van der Waals surface area contributed by atoms with Crippen LogP contribution >= 0.6 is 0 Å². The van der Waals surface area contributed by atoms with Crippen molar-refractivity contribution in [3.05, 3.63) is 24.3 Å². The molecule has 1 aliphatic rings. The molecule has 0 radical (unpaired) electrons. The van der Waals surface area contributed by atoms with Gasteiger partial charge in [-0.2, -0.15) is 0 Å². The normalized spacial score (nSPS) is 20.1. The van der Waals surface area contributed by atoms with Crippen molar-refractivity contribution in [2.45, 2.75) is 6.42 Å². The van der Waals surface area contributed by atoms with Crippen molar-refractivity contribution >= 4 is 11.9 Å². The van der Waals surface area contributed by atoms with Gasteiger partial charge >= 0.3 is 5.97 Å². The third-order valence-corrected chi connectivity index (χ3v) is 3.16. The monoisotopic (exact) mass is 279 g/mol. The number of hydrogen-bond donors (Lipinski definition) is 2. The van der Waals surface area contributed by atoms with E-state index in [0.29, 0.717) is 31.1 Å². The van der Waals surface area contributed by atoms with Crippen LogP contribution in [0.3, 0.4) is 0 Å². The predicted octanol–water partition coefficient (Wildman–Crippen LogP) is 0.911. The molecule has 0 bridgehead atoms. The molecule has 2 atom stereocenters. The van der Waals surface area contributed by atoms with E-state index in [0.717, 1.165) is 0 Å². The number of carbonyl (C=O) groups is 2. The molecule has 0 aliphatic heterocycles. The molecule has 2 rings (SSSR count). The second kappa shape index (κ2) is 6.27. The molecule has 0 aromatic heterocycles. The fourth-order valence-electron chi connectivity index (χ4n) is 1.92. The first-order chi connectivity index (χ1) is 9.61. The number of carbonyl (C=O) groups excluding carboxylic acids is 1. The lowest BCUT2D eigenvalue weighted by atomic mass is 10.3. The summed E-state index contributed by atoms with van der Waals surface area (Å²) < 4.78 is 10.5. The van der Waals surface area contributed by atoms with Crippen LogP contribution in [0.15, 0.2) is 24.3 Å². The minimum Gasteiger partial charge on any atom is -0.497 e. The Hall–Kier alpha value is -2.24. The van der Waals surface area contributed by atoms with E-state index < -0.39 is 11.9 Å². The smallest absolute Gasteiger partial charge is 0.307 e. The minimum absolute atomic E-state index is 0.216. The Morgan fingerprint density at radius 3 is 2.75 bits per heavy atom. The van der Waals surface area contributed by atoms with E-state index in [1.165, 1.54) is 0 Å². The minimum atomic E-state index is -0.905. The average molecular weight is 279 g/mol. The molecule has 6 nitrogen and oxygen atoms in total. The number of nitrogens with one attached hydrogen (secondary N) is 1. The Morgan fingerprint density at radius 2 is 2.10 bits per heavy atom. The fourth-order valence-corrected chi connectivity index (χ4v) is 1.92. The second-order valence-electron chi connectivity index (χ2n) is 4.61. The van der Waals surface area contributed by atoms with E-state index in [1.807, 2.05) is 12.1 Å². The van der Waals surface area contributed by atoms with Crippen LogP contribution in [0.25, 0.3) is 0 Å². The summed E-state index contributed by atoms with van der Waals surface area (Å²) in [4.78, 5) is 22.2. The number of benzene rings is 1. The molecule has 1 aromatic carbocycles. The van der Waals surface area contributed by atoms with Gasteiger partial charge in [-0.1, -0.05) is 6.07 Å². The van der Waals surface area contributed by atoms with E-state index in [1.54, 1.807) is 19.2 Å². The Morgan fingerprint density at radius 1 is 1.35 bits per heavy atom. The summed E-state index contributed by atoms with van der Waals surface area (Å²) in [6, 6.07) is 7.18. The molecule has 6 heteroatoms. The van der Waals surface area contributed by atoms with Crippen LogP contribution < -0.4 is 14.8 Å². The Bertz CT molecular complexity index is 502. The van der Waals surface area contributed by atoms with Gasteiger partial charge < -0.3 is 19.9 Å². The van der Waals surface area contributed by atoms with Gasteiger partial charge in [0.25, 0.3) is 0 Å². The number of ether oxygens (including phenoxy) is 2. The molecule has 1 aromatic rings. The molecule has 0 heterocycles. The van der Waals surface area contributed by atoms with Gasteiger partial charge in [-0.05, 0) is 18.6 Å². The molecule has 1 amide bonds.